The molecule has 1 unspecified atom stereocenters. The van der Waals surface area contributed by atoms with Gasteiger partial charge in [-0.15, -0.1) is 0 Å². The smallest absolute Gasteiger partial charge is 0.140 e. The molecule has 1 atom stereocenters. The molecular weight excluding hydrogens is 234 g/mol. The molecule has 1 N–H and O–H groups in total. The molecule has 0 saturated heterocycles. The number of nitrogens with one attached hydrogen (secondary N) is 1. The van der Waals surface area contributed by atoms with Crippen molar-refractivity contribution in [1.29, 1.82) is 0 Å². The van der Waals surface area contributed by atoms with Crippen molar-refractivity contribution in [3.8, 4) is 11.4 Å². The SMILES string of the molecule is CCNC1CCc2c(-c3nccn3CC)cccc21. The molecule has 3 nitrogen and oxygen atoms in total. The number of aryl methyl sites for hydroxylation is 1. The third-order valence-corrected chi connectivity index (χ3v) is 4.02. The van der Waals surface area contributed by atoms with Gasteiger partial charge in [-0.25, -0.2) is 4.98 Å². The quantitative estimate of drug-likeness (QED) is 0.909. The third kappa shape index (κ3) is 2.08. The van der Waals surface area contributed by atoms with Gasteiger partial charge in [0.1, 0.15) is 5.82 Å². The number of aromatic nitrogens is 2. The first kappa shape index (κ1) is 12.4. The van der Waals surface area contributed by atoms with Crippen molar-refractivity contribution >= 4 is 0 Å². The molecule has 0 radical (unpaired) electrons. The van der Waals surface area contributed by atoms with E-state index in [1.165, 1.54) is 23.1 Å². The van der Waals surface area contributed by atoms with Gasteiger partial charge in [0.2, 0.25) is 0 Å². The van der Waals surface area contributed by atoms with E-state index in [0.717, 1.165) is 25.3 Å². The second-order valence-electron chi connectivity index (χ2n) is 5.06. The molecule has 1 aliphatic rings. The van der Waals surface area contributed by atoms with Crippen LogP contribution in [0.2, 0.25) is 0 Å². The van der Waals surface area contributed by atoms with Gasteiger partial charge in [0.15, 0.2) is 0 Å². The van der Waals surface area contributed by atoms with Crippen LogP contribution in [0.4, 0.5) is 0 Å². The second kappa shape index (κ2) is 5.17. The fourth-order valence-electron chi connectivity index (χ4n) is 3.13. The van der Waals surface area contributed by atoms with Crippen LogP contribution in [0.15, 0.2) is 30.6 Å². The summed E-state index contributed by atoms with van der Waals surface area (Å²) < 4.78 is 2.22. The summed E-state index contributed by atoms with van der Waals surface area (Å²) in [6, 6.07) is 7.16. The molecule has 1 heterocycles. The van der Waals surface area contributed by atoms with E-state index in [1.807, 2.05) is 6.20 Å². The molecule has 0 spiro atoms. The Kier molecular flexibility index (Phi) is 3.38. The van der Waals surface area contributed by atoms with Crippen molar-refractivity contribution < 1.29 is 0 Å². The number of imidazole rings is 1. The van der Waals surface area contributed by atoms with Crippen molar-refractivity contribution in [3.05, 3.63) is 41.7 Å². The van der Waals surface area contributed by atoms with Crippen LogP contribution in [0.1, 0.15) is 37.4 Å². The number of benzene rings is 1. The Bertz CT molecular complexity index is 571. The Labute approximate surface area is 114 Å². The molecule has 0 amide bonds. The highest BCUT2D eigenvalue weighted by molar-refractivity contribution is 5.64. The maximum Gasteiger partial charge on any atom is 0.140 e. The van der Waals surface area contributed by atoms with Crippen molar-refractivity contribution in [2.75, 3.05) is 6.54 Å². The lowest BCUT2D eigenvalue weighted by Gasteiger charge is -2.14. The minimum Gasteiger partial charge on any atom is -0.331 e. The first-order chi connectivity index (χ1) is 9.35. The lowest BCUT2D eigenvalue weighted by atomic mass is 10.0. The molecule has 1 aromatic carbocycles. The van der Waals surface area contributed by atoms with Gasteiger partial charge in [0.25, 0.3) is 0 Å². The molecule has 19 heavy (non-hydrogen) atoms. The minimum absolute atomic E-state index is 0.519. The van der Waals surface area contributed by atoms with E-state index < -0.39 is 0 Å². The van der Waals surface area contributed by atoms with E-state index in [9.17, 15) is 0 Å². The fourth-order valence-corrected chi connectivity index (χ4v) is 3.13. The van der Waals surface area contributed by atoms with Crippen LogP contribution in [0.3, 0.4) is 0 Å². The van der Waals surface area contributed by atoms with Gasteiger partial charge in [0.05, 0.1) is 0 Å². The summed E-state index contributed by atoms with van der Waals surface area (Å²) in [6.45, 7) is 6.33. The highest BCUT2D eigenvalue weighted by Crippen LogP contribution is 2.37. The molecule has 1 aliphatic carbocycles. The molecule has 0 aliphatic heterocycles. The third-order valence-electron chi connectivity index (χ3n) is 4.02. The average Bonchev–Trinajstić information content (AvgIpc) is 3.05. The summed E-state index contributed by atoms with van der Waals surface area (Å²) in [5.74, 6) is 1.11. The number of fused-ring (bicyclic) bond motifs is 1. The van der Waals surface area contributed by atoms with Gasteiger partial charge in [-0.3, -0.25) is 0 Å². The van der Waals surface area contributed by atoms with Gasteiger partial charge in [-0.05, 0) is 37.4 Å². The topological polar surface area (TPSA) is 29.9 Å². The monoisotopic (exact) mass is 255 g/mol. The predicted molar refractivity (Wildman–Crippen MR) is 78.1 cm³/mol. The molecule has 3 heteroatoms. The maximum atomic E-state index is 4.55. The maximum absolute atomic E-state index is 4.55. The van der Waals surface area contributed by atoms with Crippen molar-refractivity contribution in [2.24, 2.45) is 0 Å². The first-order valence-corrected chi connectivity index (χ1v) is 7.21. The molecular formula is C16H21N3. The van der Waals surface area contributed by atoms with Crippen LogP contribution in [0.5, 0.6) is 0 Å². The van der Waals surface area contributed by atoms with E-state index in [1.54, 1.807) is 0 Å². The van der Waals surface area contributed by atoms with Crippen LogP contribution in [0.25, 0.3) is 11.4 Å². The zero-order valence-corrected chi connectivity index (χ0v) is 11.7. The Morgan fingerprint density at radius 3 is 3.05 bits per heavy atom. The Morgan fingerprint density at radius 1 is 1.37 bits per heavy atom. The largest absolute Gasteiger partial charge is 0.331 e. The lowest BCUT2D eigenvalue weighted by Crippen LogP contribution is -2.18. The first-order valence-electron chi connectivity index (χ1n) is 7.21. The van der Waals surface area contributed by atoms with Crippen molar-refractivity contribution in [1.82, 2.24) is 14.9 Å². The molecule has 1 aromatic heterocycles. The molecule has 2 aromatic rings. The molecule has 3 rings (SSSR count). The van der Waals surface area contributed by atoms with Crippen LogP contribution in [-0.4, -0.2) is 16.1 Å². The van der Waals surface area contributed by atoms with E-state index in [0.29, 0.717) is 6.04 Å². The van der Waals surface area contributed by atoms with Crippen LogP contribution >= 0.6 is 0 Å². The van der Waals surface area contributed by atoms with Gasteiger partial charge in [0, 0.05) is 30.5 Å². The van der Waals surface area contributed by atoms with Crippen molar-refractivity contribution in [3.63, 3.8) is 0 Å². The molecule has 0 saturated carbocycles. The fraction of sp³-hybridized carbons (Fsp3) is 0.438. The number of rotatable bonds is 4. The van der Waals surface area contributed by atoms with E-state index in [-0.39, 0.29) is 0 Å². The van der Waals surface area contributed by atoms with E-state index in [2.05, 4.69) is 53.1 Å². The Morgan fingerprint density at radius 2 is 2.26 bits per heavy atom. The zero-order chi connectivity index (χ0) is 13.2. The normalized spacial score (nSPS) is 17.7. The van der Waals surface area contributed by atoms with Gasteiger partial charge in [-0.1, -0.05) is 25.1 Å². The molecule has 0 fully saturated rings. The van der Waals surface area contributed by atoms with Gasteiger partial charge < -0.3 is 9.88 Å². The minimum atomic E-state index is 0.519. The summed E-state index contributed by atoms with van der Waals surface area (Å²) in [4.78, 5) is 4.55. The predicted octanol–water partition coefficient (Wildman–Crippen LogP) is 3.17. The van der Waals surface area contributed by atoms with Crippen molar-refractivity contribution in [2.45, 2.75) is 39.3 Å². The van der Waals surface area contributed by atoms with E-state index in [4.69, 9.17) is 0 Å². The summed E-state index contributed by atoms with van der Waals surface area (Å²) in [7, 11) is 0. The number of nitrogens with zero attached hydrogens (tertiary/aromatic N) is 2. The van der Waals surface area contributed by atoms with E-state index >= 15 is 0 Å². The van der Waals surface area contributed by atoms with Gasteiger partial charge >= 0.3 is 0 Å². The Balaban J connectivity index is 2.05. The Hall–Kier alpha value is -1.61. The zero-order valence-electron chi connectivity index (χ0n) is 11.7. The lowest BCUT2D eigenvalue weighted by molar-refractivity contribution is 0.549. The summed E-state index contributed by atoms with van der Waals surface area (Å²) in [5.41, 5.74) is 4.25. The number of hydrogen-bond donors (Lipinski definition) is 1. The average molecular weight is 255 g/mol. The number of hydrogen-bond acceptors (Lipinski definition) is 2. The summed E-state index contributed by atoms with van der Waals surface area (Å²) in [5, 5.41) is 3.57. The second-order valence-corrected chi connectivity index (χ2v) is 5.06. The molecule has 100 valence electrons. The van der Waals surface area contributed by atoms with Crippen LogP contribution in [0, 0.1) is 0 Å². The molecule has 0 bridgehead atoms. The highest BCUT2D eigenvalue weighted by atomic mass is 15.1. The standard InChI is InChI=1S/C16H21N3/c1-3-17-15-9-8-12-13(15)6-5-7-14(12)16-18-10-11-19(16)4-2/h5-7,10-11,15,17H,3-4,8-9H2,1-2H3. The van der Waals surface area contributed by atoms with Crippen LogP contribution in [-0.2, 0) is 13.0 Å². The van der Waals surface area contributed by atoms with Crippen LogP contribution < -0.4 is 5.32 Å². The summed E-state index contributed by atoms with van der Waals surface area (Å²) in [6.07, 6.45) is 6.31. The highest BCUT2D eigenvalue weighted by Gasteiger charge is 2.25. The van der Waals surface area contributed by atoms with Gasteiger partial charge in [-0.2, -0.15) is 0 Å². The summed E-state index contributed by atoms with van der Waals surface area (Å²) >= 11 is 0.